The van der Waals surface area contributed by atoms with Crippen LogP contribution in [0.5, 0.6) is 0 Å². The summed E-state index contributed by atoms with van der Waals surface area (Å²) in [6.45, 7) is 6.07. The van der Waals surface area contributed by atoms with E-state index in [1.54, 1.807) is 6.07 Å². The van der Waals surface area contributed by atoms with Crippen molar-refractivity contribution in [1.29, 1.82) is 0 Å². The maximum atomic E-state index is 11.6. The quantitative estimate of drug-likeness (QED) is 0.743. The van der Waals surface area contributed by atoms with E-state index in [-0.39, 0.29) is 5.56 Å². The molecule has 16 heavy (non-hydrogen) atoms. The zero-order valence-electron chi connectivity index (χ0n) is 10.5. The molecule has 3 heteroatoms. The summed E-state index contributed by atoms with van der Waals surface area (Å²) in [7, 11) is 1.96. The first kappa shape index (κ1) is 13.0. The highest BCUT2D eigenvalue weighted by Gasteiger charge is 2.01. The Hall–Kier alpha value is -1.09. The second-order valence-electron chi connectivity index (χ2n) is 4.63. The predicted molar refractivity (Wildman–Crippen MR) is 67.8 cm³/mol. The number of rotatable bonds is 6. The van der Waals surface area contributed by atoms with Crippen LogP contribution in [0.15, 0.2) is 23.1 Å². The molecule has 0 spiro atoms. The zero-order valence-corrected chi connectivity index (χ0v) is 10.5. The third-order valence-electron chi connectivity index (χ3n) is 2.50. The van der Waals surface area contributed by atoms with Gasteiger partial charge in [0.1, 0.15) is 0 Å². The van der Waals surface area contributed by atoms with Gasteiger partial charge >= 0.3 is 0 Å². The van der Waals surface area contributed by atoms with Crippen molar-refractivity contribution in [3.05, 3.63) is 34.2 Å². The minimum atomic E-state index is 0.103. The summed E-state index contributed by atoms with van der Waals surface area (Å²) < 4.78 is 1.82. The molecular formula is C13H22N2O. The molecule has 0 atom stereocenters. The summed E-state index contributed by atoms with van der Waals surface area (Å²) in [5.41, 5.74) is 1.35. The molecule has 0 amide bonds. The summed E-state index contributed by atoms with van der Waals surface area (Å²) in [6, 6.07) is 3.62. The van der Waals surface area contributed by atoms with Crippen LogP contribution in [-0.2, 0) is 13.0 Å². The first-order valence-electron chi connectivity index (χ1n) is 5.97. The molecule has 1 heterocycles. The third-order valence-corrected chi connectivity index (χ3v) is 2.50. The topological polar surface area (TPSA) is 34.0 Å². The molecule has 0 saturated carbocycles. The summed E-state index contributed by atoms with van der Waals surface area (Å²) in [4.78, 5) is 11.6. The average molecular weight is 222 g/mol. The van der Waals surface area contributed by atoms with Crippen molar-refractivity contribution in [2.24, 2.45) is 5.92 Å². The highest BCUT2D eigenvalue weighted by atomic mass is 16.1. The molecule has 0 aliphatic heterocycles. The van der Waals surface area contributed by atoms with Gasteiger partial charge in [0.2, 0.25) is 0 Å². The number of aromatic nitrogens is 1. The minimum Gasteiger partial charge on any atom is -0.320 e. The Morgan fingerprint density at radius 3 is 2.75 bits per heavy atom. The van der Waals surface area contributed by atoms with Crippen molar-refractivity contribution in [1.82, 2.24) is 9.88 Å². The van der Waals surface area contributed by atoms with Gasteiger partial charge in [0.25, 0.3) is 5.56 Å². The van der Waals surface area contributed by atoms with Crippen molar-refractivity contribution in [2.75, 3.05) is 13.6 Å². The van der Waals surface area contributed by atoms with Gasteiger partial charge in [-0.25, -0.2) is 0 Å². The van der Waals surface area contributed by atoms with E-state index in [9.17, 15) is 4.79 Å². The Morgan fingerprint density at radius 1 is 1.38 bits per heavy atom. The fourth-order valence-corrected chi connectivity index (χ4v) is 1.73. The highest BCUT2D eigenvalue weighted by molar-refractivity contribution is 5.10. The van der Waals surface area contributed by atoms with Crippen molar-refractivity contribution >= 4 is 0 Å². The molecule has 0 saturated heterocycles. The Balaban J connectivity index is 2.69. The van der Waals surface area contributed by atoms with Gasteiger partial charge in [-0.05, 0) is 37.9 Å². The van der Waals surface area contributed by atoms with Crippen LogP contribution in [0, 0.1) is 5.92 Å². The molecule has 0 aliphatic rings. The third kappa shape index (κ3) is 4.19. The normalized spacial score (nSPS) is 11.0. The smallest absolute Gasteiger partial charge is 0.250 e. The van der Waals surface area contributed by atoms with E-state index in [0.29, 0.717) is 5.92 Å². The molecule has 3 nitrogen and oxygen atoms in total. The summed E-state index contributed by atoms with van der Waals surface area (Å²) in [5.74, 6) is 0.505. The van der Waals surface area contributed by atoms with Gasteiger partial charge in [-0.3, -0.25) is 4.79 Å². The standard InChI is InChI=1S/C13H22N2O/c1-11(2)9-15-10-12(5-4-8-14-3)6-7-13(15)16/h6-7,10-11,14H,4-5,8-9H2,1-3H3. The number of hydrogen-bond acceptors (Lipinski definition) is 2. The highest BCUT2D eigenvalue weighted by Crippen LogP contribution is 2.02. The maximum Gasteiger partial charge on any atom is 0.250 e. The molecule has 0 radical (unpaired) electrons. The number of nitrogens with one attached hydrogen (secondary N) is 1. The van der Waals surface area contributed by atoms with E-state index in [1.165, 1.54) is 5.56 Å². The first-order valence-corrected chi connectivity index (χ1v) is 5.97. The molecule has 1 aromatic heterocycles. The molecule has 90 valence electrons. The molecule has 0 unspecified atom stereocenters. The minimum absolute atomic E-state index is 0.103. The van der Waals surface area contributed by atoms with Crippen LogP contribution < -0.4 is 10.9 Å². The maximum absolute atomic E-state index is 11.6. The van der Waals surface area contributed by atoms with E-state index < -0.39 is 0 Å². The van der Waals surface area contributed by atoms with E-state index >= 15 is 0 Å². The second-order valence-corrected chi connectivity index (χ2v) is 4.63. The lowest BCUT2D eigenvalue weighted by molar-refractivity contribution is 0.508. The van der Waals surface area contributed by atoms with Crippen molar-refractivity contribution < 1.29 is 0 Å². The molecule has 0 aromatic carbocycles. The van der Waals surface area contributed by atoms with Crippen molar-refractivity contribution in [2.45, 2.75) is 33.2 Å². The van der Waals surface area contributed by atoms with Gasteiger partial charge in [0, 0.05) is 18.8 Å². The zero-order chi connectivity index (χ0) is 12.0. The lowest BCUT2D eigenvalue weighted by atomic mass is 10.1. The predicted octanol–water partition coefficient (Wildman–Crippen LogP) is 1.66. The number of pyridine rings is 1. The van der Waals surface area contributed by atoms with Crippen LogP contribution >= 0.6 is 0 Å². The Bertz CT molecular complexity index is 368. The Kier molecular flexibility index (Phi) is 5.26. The molecule has 1 aromatic rings. The Morgan fingerprint density at radius 2 is 2.12 bits per heavy atom. The van der Waals surface area contributed by atoms with Gasteiger partial charge in [0.05, 0.1) is 0 Å². The van der Waals surface area contributed by atoms with Gasteiger partial charge in [-0.15, -0.1) is 0 Å². The van der Waals surface area contributed by atoms with Crippen molar-refractivity contribution in [3.8, 4) is 0 Å². The largest absolute Gasteiger partial charge is 0.320 e. The van der Waals surface area contributed by atoms with E-state index in [2.05, 4.69) is 19.2 Å². The molecule has 1 rings (SSSR count). The van der Waals surface area contributed by atoms with Crippen LogP contribution in [0.2, 0.25) is 0 Å². The van der Waals surface area contributed by atoms with Gasteiger partial charge < -0.3 is 9.88 Å². The van der Waals surface area contributed by atoms with Gasteiger partial charge in [-0.2, -0.15) is 0 Å². The van der Waals surface area contributed by atoms with Crippen LogP contribution in [0.1, 0.15) is 25.8 Å². The van der Waals surface area contributed by atoms with E-state index in [1.807, 2.05) is 23.9 Å². The summed E-state index contributed by atoms with van der Waals surface area (Å²) in [5, 5.41) is 3.13. The fourth-order valence-electron chi connectivity index (χ4n) is 1.73. The number of aryl methyl sites for hydroxylation is 1. The van der Waals surface area contributed by atoms with Gasteiger partial charge in [-0.1, -0.05) is 19.9 Å². The summed E-state index contributed by atoms with van der Waals surface area (Å²) >= 11 is 0. The van der Waals surface area contributed by atoms with E-state index in [0.717, 1.165) is 25.9 Å². The summed E-state index contributed by atoms with van der Waals surface area (Å²) in [6.07, 6.45) is 4.13. The van der Waals surface area contributed by atoms with Crippen molar-refractivity contribution in [3.63, 3.8) is 0 Å². The van der Waals surface area contributed by atoms with Gasteiger partial charge in [0.15, 0.2) is 0 Å². The lowest BCUT2D eigenvalue weighted by Crippen LogP contribution is -2.21. The fraction of sp³-hybridized carbons (Fsp3) is 0.615. The van der Waals surface area contributed by atoms with Crippen LogP contribution in [0.4, 0.5) is 0 Å². The Labute approximate surface area is 97.5 Å². The van der Waals surface area contributed by atoms with Crippen LogP contribution in [0.25, 0.3) is 0 Å². The SMILES string of the molecule is CNCCCc1ccc(=O)n(CC(C)C)c1. The van der Waals surface area contributed by atoms with Crippen LogP contribution in [-0.4, -0.2) is 18.2 Å². The number of hydrogen-bond donors (Lipinski definition) is 1. The molecule has 0 bridgehead atoms. The van der Waals surface area contributed by atoms with Crippen LogP contribution in [0.3, 0.4) is 0 Å². The average Bonchev–Trinajstić information content (AvgIpc) is 2.22. The monoisotopic (exact) mass is 222 g/mol. The first-order chi connectivity index (χ1) is 7.63. The second kappa shape index (κ2) is 6.48. The molecule has 0 fully saturated rings. The molecule has 1 N–H and O–H groups in total. The molecular weight excluding hydrogens is 200 g/mol. The number of nitrogens with zero attached hydrogens (tertiary/aromatic N) is 1. The lowest BCUT2D eigenvalue weighted by Gasteiger charge is -2.10. The molecule has 0 aliphatic carbocycles. The van der Waals surface area contributed by atoms with E-state index in [4.69, 9.17) is 0 Å².